The van der Waals surface area contributed by atoms with Crippen LogP contribution in [0.1, 0.15) is 18.2 Å². The third-order valence-electron chi connectivity index (χ3n) is 2.80. The van der Waals surface area contributed by atoms with Crippen LogP contribution in [-0.4, -0.2) is 21.5 Å². The van der Waals surface area contributed by atoms with Gasteiger partial charge >= 0.3 is 0 Å². The molecule has 2 heterocycles. The number of H-pyrrole nitrogens is 1. The van der Waals surface area contributed by atoms with Crippen molar-refractivity contribution < 1.29 is 0 Å². The Balaban J connectivity index is 1.62. The van der Waals surface area contributed by atoms with Gasteiger partial charge in [-0.2, -0.15) is 0 Å². The number of aromatic amines is 1. The van der Waals surface area contributed by atoms with E-state index in [2.05, 4.69) is 27.2 Å². The molecular weight excluding hydrogens is 288 g/mol. The number of aromatic nitrogens is 3. The number of hydrogen-bond donors (Lipinski definition) is 2. The molecule has 104 valence electrons. The fraction of sp³-hybridized carbons (Fsp3) is 0.286. The van der Waals surface area contributed by atoms with E-state index < -0.39 is 0 Å². The molecule has 0 saturated heterocycles. The Kier molecular flexibility index (Phi) is 4.22. The van der Waals surface area contributed by atoms with E-state index in [1.807, 2.05) is 30.5 Å². The van der Waals surface area contributed by atoms with E-state index >= 15 is 0 Å². The number of rotatable bonds is 6. The van der Waals surface area contributed by atoms with Crippen LogP contribution in [0.4, 0.5) is 5.13 Å². The van der Waals surface area contributed by atoms with Gasteiger partial charge in [0.15, 0.2) is 10.3 Å². The summed E-state index contributed by atoms with van der Waals surface area (Å²) in [4.78, 5) is 13.5. The molecule has 20 heavy (non-hydrogen) atoms. The summed E-state index contributed by atoms with van der Waals surface area (Å²) >= 11 is 3.43. The van der Waals surface area contributed by atoms with Crippen molar-refractivity contribution in [2.75, 3.05) is 11.9 Å². The molecule has 3 aromatic rings. The zero-order chi connectivity index (χ0) is 13.8. The lowest BCUT2D eigenvalue weighted by molar-refractivity contribution is 0.976. The zero-order valence-electron chi connectivity index (χ0n) is 11.2. The second-order valence-electron chi connectivity index (χ2n) is 4.41. The number of fused-ring (bicyclic) bond motifs is 1. The highest BCUT2D eigenvalue weighted by molar-refractivity contribution is 7.98. The second-order valence-corrected chi connectivity index (χ2v) is 6.49. The van der Waals surface area contributed by atoms with E-state index in [0.29, 0.717) is 0 Å². The van der Waals surface area contributed by atoms with Gasteiger partial charge in [-0.15, -0.1) is 11.3 Å². The number of thioether (sulfide) groups is 1. The number of benzene rings is 1. The third kappa shape index (κ3) is 3.13. The standard InChI is InChI=1S/C14H16N4S2/c1-2-7-15-13-16-8-10(20-13)9-19-14-17-11-5-3-4-6-12(11)18-14/h3-6,8H,2,7,9H2,1H3,(H,15,16)(H,17,18). The maximum absolute atomic E-state index is 4.56. The Morgan fingerprint density at radius 1 is 1.35 bits per heavy atom. The average Bonchev–Trinajstić information content (AvgIpc) is 3.09. The molecule has 0 atom stereocenters. The van der Waals surface area contributed by atoms with Crippen LogP contribution in [0.5, 0.6) is 0 Å². The summed E-state index contributed by atoms with van der Waals surface area (Å²) in [5.41, 5.74) is 2.11. The first-order valence-corrected chi connectivity index (χ1v) is 8.41. The van der Waals surface area contributed by atoms with Crippen LogP contribution in [0.3, 0.4) is 0 Å². The lowest BCUT2D eigenvalue weighted by Gasteiger charge is -1.97. The first-order valence-electron chi connectivity index (χ1n) is 6.61. The minimum absolute atomic E-state index is 0.894. The van der Waals surface area contributed by atoms with Gasteiger partial charge in [0.2, 0.25) is 0 Å². The quantitative estimate of drug-likeness (QED) is 0.672. The molecule has 0 fully saturated rings. The molecule has 0 radical (unpaired) electrons. The number of hydrogen-bond acceptors (Lipinski definition) is 5. The highest BCUT2D eigenvalue weighted by Gasteiger charge is 2.05. The second kappa shape index (κ2) is 6.28. The Hall–Kier alpha value is -1.53. The lowest BCUT2D eigenvalue weighted by atomic mass is 10.3. The van der Waals surface area contributed by atoms with E-state index in [-0.39, 0.29) is 0 Å². The summed E-state index contributed by atoms with van der Waals surface area (Å²) in [7, 11) is 0. The average molecular weight is 304 g/mol. The summed E-state index contributed by atoms with van der Waals surface area (Å²) in [5, 5.41) is 5.28. The Morgan fingerprint density at radius 2 is 2.25 bits per heavy atom. The third-order valence-corrected chi connectivity index (χ3v) is 4.86. The fourth-order valence-electron chi connectivity index (χ4n) is 1.83. The highest BCUT2D eigenvalue weighted by Crippen LogP contribution is 2.27. The minimum Gasteiger partial charge on any atom is -0.362 e. The van der Waals surface area contributed by atoms with Crippen LogP contribution < -0.4 is 5.32 Å². The van der Waals surface area contributed by atoms with Crippen LogP contribution in [0.2, 0.25) is 0 Å². The van der Waals surface area contributed by atoms with Gasteiger partial charge in [-0.25, -0.2) is 9.97 Å². The van der Waals surface area contributed by atoms with Crippen molar-refractivity contribution >= 4 is 39.3 Å². The van der Waals surface area contributed by atoms with E-state index in [4.69, 9.17) is 0 Å². The topological polar surface area (TPSA) is 53.6 Å². The summed E-state index contributed by atoms with van der Waals surface area (Å²) in [6.45, 7) is 3.13. The molecule has 6 heteroatoms. The van der Waals surface area contributed by atoms with Crippen molar-refractivity contribution in [1.82, 2.24) is 15.0 Å². The van der Waals surface area contributed by atoms with Crippen LogP contribution in [-0.2, 0) is 5.75 Å². The number of nitrogens with zero attached hydrogens (tertiary/aromatic N) is 2. The van der Waals surface area contributed by atoms with Crippen molar-refractivity contribution in [2.45, 2.75) is 24.3 Å². The molecule has 0 unspecified atom stereocenters. The van der Waals surface area contributed by atoms with Gasteiger partial charge in [0.05, 0.1) is 11.0 Å². The van der Waals surface area contributed by atoms with Gasteiger partial charge in [0.1, 0.15) is 0 Å². The van der Waals surface area contributed by atoms with Gasteiger partial charge in [0, 0.05) is 23.4 Å². The molecule has 4 nitrogen and oxygen atoms in total. The molecular formula is C14H16N4S2. The number of anilines is 1. The van der Waals surface area contributed by atoms with Crippen molar-refractivity contribution in [2.24, 2.45) is 0 Å². The smallest absolute Gasteiger partial charge is 0.182 e. The van der Waals surface area contributed by atoms with Crippen molar-refractivity contribution in [3.63, 3.8) is 0 Å². The zero-order valence-corrected chi connectivity index (χ0v) is 12.9. The maximum Gasteiger partial charge on any atom is 0.182 e. The first-order chi connectivity index (χ1) is 9.85. The number of para-hydroxylation sites is 2. The molecule has 0 aliphatic carbocycles. The first kappa shape index (κ1) is 13.5. The number of nitrogens with one attached hydrogen (secondary N) is 2. The van der Waals surface area contributed by atoms with Crippen LogP contribution in [0, 0.1) is 0 Å². The van der Waals surface area contributed by atoms with E-state index in [0.717, 1.165) is 40.0 Å². The van der Waals surface area contributed by atoms with Crippen LogP contribution >= 0.6 is 23.1 Å². The van der Waals surface area contributed by atoms with E-state index in [9.17, 15) is 0 Å². The number of thiazole rings is 1. The molecule has 2 aromatic heterocycles. The molecule has 3 rings (SSSR count). The van der Waals surface area contributed by atoms with Crippen LogP contribution in [0.15, 0.2) is 35.6 Å². The molecule has 0 spiro atoms. The fourth-order valence-corrected chi connectivity index (χ4v) is 3.57. The molecule has 0 aliphatic rings. The lowest BCUT2D eigenvalue weighted by Crippen LogP contribution is -1.97. The molecule has 0 amide bonds. The predicted molar refractivity (Wildman–Crippen MR) is 86.5 cm³/mol. The van der Waals surface area contributed by atoms with Crippen LogP contribution in [0.25, 0.3) is 11.0 Å². The molecule has 0 aliphatic heterocycles. The Labute approximate surface area is 126 Å². The summed E-state index contributed by atoms with van der Waals surface area (Å²) in [6.07, 6.45) is 3.06. The largest absolute Gasteiger partial charge is 0.362 e. The predicted octanol–water partition coefficient (Wildman–Crippen LogP) is 4.13. The SMILES string of the molecule is CCCNc1ncc(CSc2nc3ccccc3[nH]2)s1. The van der Waals surface area contributed by atoms with Gasteiger partial charge in [-0.1, -0.05) is 30.8 Å². The molecule has 0 bridgehead atoms. The minimum atomic E-state index is 0.894. The molecule has 1 aromatic carbocycles. The van der Waals surface area contributed by atoms with Crippen molar-refractivity contribution in [1.29, 1.82) is 0 Å². The maximum atomic E-state index is 4.56. The van der Waals surface area contributed by atoms with Gasteiger partial charge in [0.25, 0.3) is 0 Å². The van der Waals surface area contributed by atoms with Gasteiger partial charge in [-0.05, 0) is 18.6 Å². The Bertz CT molecular complexity index is 656. The van der Waals surface area contributed by atoms with Crippen molar-refractivity contribution in [3.05, 3.63) is 35.3 Å². The normalized spacial score (nSPS) is 11.1. The summed E-state index contributed by atoms with van der Waals surface area (Å²) < 4.78 is 0. The van der Waals surface area contributed by atoms with Gasteiger partial charge in [-0.3, -0.25) is 0 Å². The van der Waals surface area contributed by atoms with E-state index in [1.165, 1.54) is 4.88 Å². The van der Waals surface area contributed by atoms with Gasteiger partial charge < -0.3 is 10.3 Å². The van der Waals surface area contributed by atoms with E-state index in [1.54, 1.807) is 23.1 Å². The summed E-state index contributed by atoms with van der Waals surface area (Å²) in [6, 6.07) is 8.09. The molecule has 0 saturated carbocycles. The molecule has 2 N–H and O–H groups in total. The highest BCUT2D eigenvalue weighted by atomic mass is 32.2. The monoisotopic (exact) mass is 304 g/mol. The summed E-state index contributed by atoms with van der Waals surface area (Å²) in [5.74, 6) is 0.894. The van der Waals surface area contributed by atoms with Crippen molar-refractivity contribution in [3.8, 4) is 0 Å². The number of imidazole rings is 1. The Morgan fingerprint density at radius 3 is 3.10 bits per heavy atom.